The van der Waals surface area contributed by atoms with E-state index in [2.05, 4.69) is 0 Å². The van der Waals surface area contributed by atoms with Gasteiger partial charge in [-0.2, -0.15) is 0 Å². The molecule has 6 heteroatoms. The third kappa shape index (κ3) is 2.43. The number of hydrogen-bond donors (Lipinski definition) is 1. The molecule has 2 fully saturated rings. The van der Waals surface area contributed by atoms with Gasteiger partial charge in [0.15, 0.2) is 0 Å². The number of benzene rings is 1. The van der Waals surface area contributed by atoms with Crippen LogP contribution in [0, 0.1) is 0 Å². The van der Waals surface area contributed by atoms with E-state index in [1.807, 2.05) is 0 Å². The van der Waals surface area contributed by atoms with Crippen LogP contribution >= 0.6 is 11.8 Å². The molecule has 5 nitrogen and oxygen atoms in total. The molecule has 104 valence electrons. The molecule has 20 heavy (non-hydrogen) atoms. The Labute approximate surface area is 120 Å². The molecule has 1 N–H and O–H groups in total. The highest BCUT2D eigenvalue weighted by Crippen LogP contribution is 2.37. The average Bonchev–Trinajstić information content (AvgIpc) is 3.19. The Morgan fingerprint density at radius 2 is 2.05 bits per heavy atom. The van der Waals surface area contributed by atoms with E-state index >= 15 is 0 Å². The summed E-state index contributed by atoms with van der Waals surface area (Å²) in [5, 5.41) is 8.52. The van der Waals surface area contributed by atoms with Crippen LogP contribution in [0.25, 0.3) is 0 Å². The first kappa shape index (κ1) is 13.2. The average molecular weight is 291 g/mol. The van der Waals surface area contributed by atoms with Crippen molar-refractivity contribution in [1.82, 2.24) is 4.90 Å². The Morgan fingerprint density at radius 1 is 1.30 bits per heavy atom. The van der Waals surface area contributed by atoms with E-state index in [9.17, 15) is 14.4 Å². The molecular weight excluding hydrogens is 278 g/mol. The van der Waals surface area contributed by atoms with Crippen LogP contribution in [0.4, 0.5) is 0 Å². The van der Waals surface area contributed by atoms with Gasteiger partial charge in [0.1, 0.15) is 0 Å². The zero-order chi connectivity index (χ0) is 14.3. The lowest BCUT2D eigenvalue weighted by molar-refractivity contribution is -0.138. The molecule has 1 aliphatic heterocycles. The highest BCUT2D eigenvalue weighted by atomic mass is 32.2. The van der Waals surface area contributed by atoms with Gasteiger partial charge in [-0.25, -0.2) is 4.79 Å². The van der Waals surface area contributed by atoms with Crippen LogP contribution in [-0.4, -0.2) is 39.1 Å². The summed E-state index contributed by atoms with van der Waals surface area (Å²) in [7, 11) is 0. The fourth-order valence-electron chi connectivity index (χ4n) is 2.30. The predicted molar refractivity (Wildman–Crippen MR) is 72.5 cm³/mol. The fraction of sp³-hybridized carbons (Fsp3) is 0.357. The number of likely N-dealkylation sites (tertiary alicyclic amines) is 1. The number of carboxylic acid groups (broad SMARTS) is 1. The number of amides is 2. The van der Waals surface area contributed by atoms with Crippen molar-refractivity contribution >= 4 is 29.5 Å². The van der Waals surface area contributed by atoms with Gasteiger partial charge in [-0.15, -0.1) is 11.8 Å². The van der Waals surface area contributed by atoms with E-state index < -0.39 is 11.2 Å². The van der Waals surface area contributed by atoms with Crippen molar-refractivity contribution in [2.75, 3.05) is 0 Å². The van der Waals surface area contributed by atoms with Gasteiger partial charge in [0.2, 0.25) is 11.8 Å². The SMILES string of the molecule is O=C(O)c1cccc(SC2CC(=O)N(C3CC3)C2=O)c1. The van der Waals surface area contributed by atoms with Crippen LogP contribution in [0.1, 0.15) is 29.6 Å². The van der Waals surface area contributed by atoms with E-state index in [0.717, 1.165) is 12.8 Å². The van der Waals surface area contributed by atoms with Gasteiger partial charge in [-0.3, -0.25) is 14.5 Å². The van der Waals surface area contributed by atoms with E-state index in [4.69, 9.17) is 5.11 Å². The van der Waals surface area contributed by atoms with Gasteiger partial charge in [-0.05, 0) is 31.0 Å². The first-order chi connectivity index (χ1) is 9.56. The van der Waals surface area contributed by atoms with Crippen molar-refractivity contribution in [2.24, 2.45) is 0 Å². The normalized spacial score (nSPS) is 22.4. The van der Waals surface area contributed by atoms with Crippen LogP contribution < -0.4 is 0 Å². The minimum Gasteiger partial charge on any atom is -0.478 e. The number of nitrogens with zero attached hydrogens (tertiary/aromatic N) is 1. The summed E-state index contributed by atoms with van der Waals surface area (Å²) < 4.78 is 0. The first-order valence-corrected chi connectivity index (χ1v) is 7.30. The molecule has 1 unspecified atom stereocenters. The lowest BCUT2D eigenvalue weighted by atomic mass is 10.2. The molecule has 1 aliphatic carbocycles. The number of rotatable bonds is 4. The summed E-state index contributed by atoms with van der Waals surface area (Å²) >= 11 is 1.27. The van der Waals surface area contributed by atoms with Gasteiger partial charge < -0.3 is 5.11 Å². The van der Waals surface area contributed by atoms with Gasteiger partial charge in [-0.1, -0.05) is 6.07 Å². The van der Waals surface area contributed by atoms with Crippen molar-refractivity contribution < 1.29 is 19.5 Å². The molecule has 0 bridgehead atoms. The molecule has 2 aliphatic rings. The maximum atomic E-state index is 12.2. The molecule has 0 aromatic heterocycles. The maximum Gasteiger partial charge on any atom is 0.335 e. The van der Waals surface area contributed by atoms with E-state index in [1.165, 1.54) is 28.8 Å². The number of aromatic carboxylic acids is 1. The monoisotopic (exact) mass is 291 g/mol. The Morgan fingerprint density at radius 3 is 2.70 bits per heavy atom. The Balaban J connectivity index is 1.75. The van der Waals surface area contributed by atoms with Crippen molar-refractivity contribution in [3.05, 3.63) is 29.8 Å². The fourth-order valence-corrected chi connectivity index (χ4v) is 3.42. The van der Waals surface area contributed by atoms with Crippen molar-refractivity contribution in [3.63, 3.8) is 0 Å². The van der Waals surface area contributed by atoms with Crippen molar-refractivity contribution in [1.29, 1.82) is 0 Å². The Bertz CT molecular complexity index is 597. The van der Waals surface area contributed by atoms with Gasteiger partial charge in [0, 0.05) is 17.4 Å². The second-order valence-electron chi connectivity index (χ2n) is 4.98. The zero-order valence-electron chi connectivity index (χ0n) is 10.6. The van der Waals surface area contributed by atoms with Crippen molar-refractivity contribution in [2.45, 2.75) is 35.4 Å². The Kier molecular flexibility index (Phi) is 3.25. The van der Waals surface area contributed by atoms with E-state index in [1.54, 1.807) is 12.1 Å². The molecule has 3 rings (SSSR count). The molecule has 1 aromatic rings. The van der Waals surface area contributed by atoms with E-state index in [-0.39, 0.29) is 29.8 Å². The molecule has 0 radical (unpaired) electrons. The third-order valence-corrected chi connectivity index (χ3v) is 4.59. The molecule has 1 aromatic carbocycles. The molecule has 1 atom stereocenters. The number of imide groups is 1. The van der Waals surface area contributed by atoms with Crippen LogP contribution in [0.3, 0.4) is 0 Å². The number of carbonyl (C=O) groups is 3. The number of thioether (sulfide) groups is 1. The minimum atomic E-state index is -0.999. The first-order valence-electron chi connectivity index (χ1n) is 6.42. The zero-order valence-corrected chi connectivity index (χ0v) is 11.4. The van der Waals surface area contributed by atoms with E-state index in [0.29, 0.717) is 4.90 Å². The summed E-state index contributed by atoms with van der Waals surface area (Å²) in [6.07, 6.45) is 2.02. The van der Waals surface area contributed by atoms with Crippen LogP contribution in [0.5, 0.6) is 0 Å². The second kappa shape index (κ2) is 4.94. The van der Waals surface area contributed by atoms with Gasteiger partial charge >= 0.3 is 5.97 Å². The molecular formula is C14H13NO4S. The maximum absolute atomic E-state index is 12.2. The standard InChI is InChI=1S/C14H13NO4S/c16-12-7-11(13(17)15(12)9-4-5-9)20-10-3-1-2-8(6-10)14(18)19/h1-3,6,9,11H,4-5,7H2,(H,18,19). The lowest BCUT2D eigenvalue weighted by Gasteiger charge is -2.13. The summed E-state index contributed by atoms with van der Waals surface area (Å²) in [6, 6.07) is 6.54. The summed E-state index contributed by atoms with van der Waals surface area (Å²) in [4.78, 5) is 37.0. The topological polar surface area (TPSA) is 74.7 Å². The lowest BCUT2D eigenvalue weighted by Crippen LogP contribution is -2.33. The van der Waals surface area contributed by atoms with Gasteiger partial charge in [0.05, 0.1) is 10.8 Å². The highest BCUT2D eigenvalue weighted by molar-refractivity contribution is 8.00. The predicted octanol–water partition coefficient (Wildman–Crippen LogP) is 1.77. The summed E-state index contributed by atoms with van der Waals surface area (Å²) in [6.45, 7) is 0. The van der Waals surface area contributed by atoms with Gasteiger partial charge in [0.25, 0.3) is 0 Å². The summed E-state index contributed by atoms with van der Waals surface area (Å²) in [5.41, 5.74) is 0.186. The molecule has 0 spiro atoms. The molecule has 1 heterocycles. The molecule has 1 saturated heterocycles. The van der Waals surface area contributed by atoms with Crippen molar-refractivity contribution in [3.8, 4) is 0 Å². The van der Waals surface area contributed by atoms with Crippen LogP contribution in [0.2, 0.25) is 0 Å². The number of carbonyl (C=O) groups excluding carboxylic acids is 2. The van der Waals surface area contributed by atoms with Crippen LogP contribution in [0.15, 0.2) is 29.2 Å². The Hall–Kier alpha value is -1.82. The summed E-state index contributed by atoms with van der Waals surface area (Å²) in [5.74, 6) is -1.24. The number of hydrogen-bond acceptors (Lipinski definition) is 4. The smallest absolute Gasteiger partial charge is 0.335 e. The minimum absolute atomic E-state index is 0.103. The largest absolute Gasteiger partial charge is 0.478 e. The third-order valence-electron chi connectivity index (χ3n) is 3.41. The molecule has 1 saturated carbocycles. The second-order valence-corrected chi connectivity index (χ2v) is 6.25. The molecule has 2 amide bonds. The highest BCUT2D eigenvalue weighted by Gasteiger charge is 2.46. The quantitative estimate of drug-likeness (QED) is 0.856. The number of carboxylic acids is 1. The van der Waals surface area contributed by atoms with Crippen LogP contribution in [-0.2, 0) is 9.59 Å².